The third-order valence-corrected chi connectivity index (χ3v) is 7.85. The van der Waals surface area contributed by atoms with Crippen LogP contribution in [0.15, 0.2) is 53.5 Å². The van der Waals surface area contributed by atoms with Crippen LogP contribution in [0.1, 0.15) is 6.92 Å². The molecule has 0 aliphatic carbocycles. The molecule has 37 heavy (non-hydrogen) atoms. The Kier molecular flexibility index (Phi) is 9.24. The van der Waals surface area contributed by atoms with Crippen molar-refractivity contribution in [3.05, 3.63) is 53.3 Å². The summed E-state index contributed by atoms with van der Waals surface area (Å²) >= 11 is 2.56. The van der Waals surface area contributed by atoms with Gasteiger partial charge in [-0.3, -0.25) is 14.4 Å². The number of hydrogen-bond donors (Lipinski definition) is 0. The van der Waals surface area contributed by atoms with E-state index in [1.807, 2.05) is 35.2 Å². The molecule has 2 aromatic carbocycles. The standard InChI is InChI=1S/C26H30N4O5S2/c1-3-35-25(33)16-30-21-10-9-20(34-2)15-22(21)37-26(30)27-23(31)17-36-18-24(32)29-13-11-28(12-14-29)19-7-5-4-6-8-19/h4-10,15H,3,11-14,16-18H2,1-2H3. The molecule has 1 fully saturated rings. The number of rotatable bonds is 9. The van der Waals surface area contributed by atoms with E-state index >= 15 is 0 Å². The van der Waals surface area contributed by atoms with Crippen molar-refractivity contribution in [3.63, 3.8) is 0 Å². The van der Waals surface area contributed by atoms with Gasteiger partial charge in [-0.15, -0.1) is 11.8 Å². The predicted molar refractivity (Wildman–Crippen MR) is 146 cm³/mol. The number of aromatic nitrogens is 1. The Morgan fingerprint density at radius 3 is 2.49 bits per heavy atom. The molecule has 0 bridgehead atoms. The van der Waals surface area contributed by atoms with Crippen molar-refractivity contribution in [2.75, 3.05) is 56.3 Å². The van der Waals surface area contributed by atoms with Crippen molar-refractivity contribution in [3.8, 4) is 5.75 Å². The minimum Gasteiger partial charge on any atom is -0.497 e. The maximum atomic E-state index is 12.7. The number of ether oxygens (including phenoxy) is 2. The molecule has 1 aliphatic rings. The summed E-state index contributed by atoms with van der Waals surface area (Å²) in [5.74, 6) is 0.235. The van der Waals surface area contributed by atoms with Crippen LogP contribution in [0.3, 0.4) is 0 Å². The van der Waals surface area contributed by atoms with Crippen LogP contribution in [0, 0.1) is 0 Å². The number of nitrogens with zero attached hydrogens (tertiary/aromatic N) is 4. The van der Waals surface area contributed by atoms with Gasteiger partial charge >= 0.3 is 5.97 Å². The quantitative estimate of drug-likeness (QED) is 0.384. The Hall–Kier alpha value is -3.31. The van der Waals surface area contributed by atoms with Crippen molar-refractivity contribution < 1.29 is 23.9 Å². The highest BCUT2D eigenvalue weighted by molar-refractivity contribution is 8.00. The second kappa shape index (κ2) is 12.8. The molecular weight excluding hydrogens is 512 g/mol. The summed E-state index contributed by atoms with van der Waals surface area (Å²) in [5, 5.41) is 0. The molecule has 0 N–H and O–H groups in total. The smallest absolute Gasteiger partial charge is 0.326 e. The first-order chi connectivity index (χ1) is 18.0. The number of fused-ring (bicyclic) bond motifs is 1. The molecule has 0 saturated carbocycles. The number of methoxy groups -OCH3 is 1. The number of carbonyl (C=O) groups is 3. The second-order valence-electron chi connectivity index (χ2n) is 8.31. The largest absolute Gasteiger partial charge is 0.497 e. The maximum Gasteiger partial charge on any atom is 0.326 e. The van der Waals surface area contributed by atoms with Gasteiger partial charge in [-0.2, -0.15) is 4.99 Å². The summed E-state index contributed by atoms with van der Waals surface area (Å²) in [7, 11) is 1.58. The fourth-order valence-corrected chi connectivity index (χ4v) is 5.84. The number of piperazine rings is 1. The number of esters is 1. The van der Waals surface area contributed by atoms with E-state index in [0.29, 0.717) is 23.6 Å². The van der Waals surface area contributed by atoms with Gasteiger partial charge < -0.3 is 23.8 Å². The Morgan fingerprint density at radius 1 is 1.03 bits per heavy atom. The van der Waals surface area contributed by atoms with Gasteiger partial charge in [-0.05, 0) is 37.3 Å². The molecule has 1 saturated heterocycles. The van der Waals surface area contributed by atoms with Gasteiger partial charge in [0.05, 0.1) is 35.4 Å². The summed E-state index contributed by atoms with van der Waals surface area (Å²) < 4.78 is 12.9. The van der Waals surface area contributed by atoms with Gasteiger partial charge in [0.1, 0.15) is 12.3 Å². The van der Waals surface area contributed by atoms with Gasteiger partial charge in [0, 0.05) is 31.9 Å². The number of para-hydroxylation sites is 1. The number of benzene rings is 2. The van der Waals surface area contributed by atoms with Gasteiger partial charge in [0.15, 0.2) is 4.80 Å². The van der Waals surface area contributed by atoms with E-state index < -0.39 is 5.97 Å². The average molecular weight is 543 g/mol. The highest BCUT2D eigenvalue weighted by Crippen LogP contribution is 2.23. The molecule has 0 spiro atoms. The first-order valence-corrected chi connectivity index (χ1v) is 14.0. The zero-order chi connectivity index (χ0) is 26.2. The number of thioether (sulfide) groups is 1. The van der Waals surface area contributed by atoms with Crippen LogP contribution in [0.5, 0.6) is 5.75 Å². The number of carbonyl (C=O) groups excluding carboxylic acids is 3. The maximum absolute atomic E-state index is 12.7. The van der Waals surface area contributed by atoms with E-state index in [-0.39, 0.29) is 36.5 Å². The van der Waals surface area contributed by atoms with Crippen LogP contribution in [-0.2, 0) is 25.7 Å². The molecule has 1 aromatic heterocycles. The molecule has 196 valence electrons. The SMILES string of the molecule is CCOC(=O)Cn1c(=NC(=O)CSCC(=O)N2CCN(c3ccccc3)CC2)sc2cc(OC)ccc21. The molecule has 0 radical (unpaired) electrons. The molecule has 3 aromatic rings. The predicted octanol–water partition coefficient (Wildman–Crippen LogP) is 2.78. The Balaban J connectivity index is 1.35. The summed E-state index contributed by atoms with van der Waals surface area (Å²) in [6.45, 7) is 4.85. The second-order valence-corrected chi connectivity index (χ2v) is 10.3. The van der Waals surface area contributed by atoms with Gasteiger partial charge in [0.25, 0.3) is 5.91 Å². The van der Waals surface area contributed by atoms with Crippen LogP contribution in [0.25, 0.3) is 10.2 Å². The number of thiazole rings is 1. The first-order valence-electron chi connectivity index (χ1n) is 12.0. The lowest BCUT2D eigenvalue weighted by Gasteiger charge is -2.36. The molecule has 0 atom stereocenters. The van der Waals surface area contributed by atoms with E-state index in [9.17, 15) is 14.4 Å². The molecule has 9 nitrogen and oxygen atoms in total. The van der Waals surface area contributed by atoms with Gasteiger partial charge in [-0.25, -0.2) is 0 Å². The molecule has 4 rings (SSSR count). The van der Waals surface area contributed by atoms with E-state index in [1.165, 1.54) is 23.1 Å². The lowest BCUT2D eigenvalue weighted by atomic mass is 10.2. The number of anilines is 1. The van der Waals surface area contributed by atoms with Crippen LogP contribution in [-0.4, -0.2) is 78.7 Å². The van der Waals surface area contributed by atoms with Crippen LogP contribution in [0.4, 0.5) is 5.69 Å². The van der Waals surface area contributed by atoms with E-state index in [2.05, 4.69) is 22.0 Å². The highest BCUT2D eigenvalue weighted by Gasteiger charge is 2.21. The molecule has 11 heteroatoms. The third-order valence-electron chi connectivity index (χ3n) is 5.91. The van der Waals surface area contributed by atoms with Crippen molar-refractivity contribution >= 4 is 56.8 Å². The number of hydrogen-bond acceptors (Lipinski definition) is 8. The summed E-state index contributed by atoms with van der Waals surface area (Å²) in [5.41, 5.74) is 1.93. The van der Waals surface area contributed by atoms with Crippen LogP contribution in [0.2, 0.25) is 0 Å². The minimum atomic E-state index is -0.403. The molecular formula is C26H30N4O5S2. The fourth-order valence-electron chi connectivity index (χ4n) is 4.06. The molecule has 2 amide bonds. The minimum absolute atomic E-state index is 0.0249. The van der Waals surface area contributed by atoms with Gasteiger partial charge in [0.2, 0.25) is 5.91 Å². The van der Waals surface area contributed by atoms with Crippen molar-refractivity contribution in [2.45, 2.75) is 13.5 Å². The molecule has 1 aliphatic heterocycles. The van der Waals surface area contributed by atoms with Crippen LogP contribution >= 0.6 is 23.1 Å². The zero-order valence-corrected chi connectivity index (χ0v) is 22.6. The van der Waals surface area contributed by atoms with E-state index in [1.54, 1.807) is 24.7 Å². The fraction of sp³-hybridized carbons (Fsp3) is 0.385. The Labute approximate surface area is 223 Å². The summed E-state index contributed by atoms with van der Waals surface area (Å²) in [4.78, 5) is 46.3. The monoisotopic (exact) mass is 542 g/mol. The zero-order valence-electron chi connectivity index (χ0n) is 20.9. The Morgan fingerprint density at radius 2 is 1.78 bits per heavy atom. The topological polar surface area (TPSA) is 93.4 Å². The van der Waals surface area contributed by atoms with Crippen molar-refractivity contribution in [1.82, 2.24) is 9.47 Å². The molecule has 2 heterocycles. The average Bonchev–Trinajstić information content (AvgIpc) is 3.24. The highest BCUT2D eigenvalue weighted by atomic mass is 32.2. The van der Waals surface area contributed by atoms with E-state index in [0.717, 1.165) is 29.0 Å². The van der Waals surface area contributed by atoms with Gasteiger partial charge in [-0.1, -0.05) is 29.5 Å². The molecule has 0 unspecified atom stereocenters. The first kappa shape index (κ1) is 26.7. The summed E-state index contributed by atoms with van der Waals surface area (Å²) in [6.07, 6.45) is 0. The Bertz CT molecular complexity index is 1310. The third kappa shape index (κ3) is 6.92. The lowest BCUT2D eigenvalue weighted by Crippen LogP contribution is -2.49. The normalized spacial score (nSPS) is 14.2. The lowest BCUT2D eigenvalue weighted by molar-refractivity contribution is -0.143. The van der Waals surface area contributed by atoms with E-state index in [4.69, 9.17) is 9.47 Å². The number of amides is 2. The van der Waals surface area contributed by atoms with Crippen molar-refractivity contribution in [2.24, 2.45) is 4.99 Å². The van der Waals surface area contributed by atoms with Crippen LogP contribution < -0.4 is 14.4 Å². The van der Waals surface area contributed by atoms with Crippen molar-refractivity contribution in [1.29, 1.82) is 0 Å². The summed E-state index contributed by atoms with van der Waals surface area (Å²) in [6, 6.07) is 15.6.